The van der Waals surface area contributed by atoms with Crippen LogP contribution in [0.4, 0.5) is 0 Å². The number of likely N-dealkylation sites (N-methyl/N-ethyl adjacent to an activating group) is 1. The second-order valence-electron chi connectivity index (χ2n) is 6.67. The quantitative estimate of drug-likeness (QED) is 0.850. The first-order chi connectivity index (χ1) is 11.0. The number of carbonyl (C=O) groups excluding carboxylic acids is 2. The van der Waals surface area contributed by atoms with Crippen molar-refractivity contribution in [1.29, 1.82) is 0 Å². The molecule has 6 heteroatoms. The van der Waals surface area contributed by atoms with E-state index in [2.05, 4.69) is 6.92 Å². The number of hydrogen-bond acceptors (Lipinski definition) is 4. The van der Waals surface area contributed by atoms with Crippen molar-refractivity contribution in [2.45, 2.75) is 50.9 Å². The zero-order valence-corrected chi connectivity index (χ0v) is 13.9. The molecule has 1 spiro atoms. The van der Waals surface area contributed by atoms with Crippen LogP contribution in [0, 0.1) is 0 Å². The van der Waals surface area contributed by atoms with E-state index in [1.54, 1.807) is 21.9 Å². The van der Waals surface area contributed by atoms with Gasteiger partial charge in [-0.05, 0) is 38.3 Å². The summed E-state index contributed by atoms with van der Waals surface area (Å²) in [5.74, 6) is 0.282. The highest BCUT2D eigenvalue weighted by molar-refractivity contribution is 5.92. The third-order valence-corrected chi connectivity index (χ3v) is 5.11. The Kier molecular flexibility index (Phi) is 4.19. The SMILES string of the molecule is CC[C@@H](C)N(C)C(=O)[C@H]1CCC2(CN(C(=O)c3ccco3)C2)O1. The Hall–Kier alpha value is -1.82. The molecule has 0 aromatic carbocycles. The van der Waals surface area contributed by atoms with E-state index in [1.807, 2.05) is 14.0 Å². The molecule has 1 aromatic heterocycles. The second kappa shape index (κ2) is 6.00. The topological polar surface area (TPSA) is 63.0 Å². The largest absolute Gasteiger partial charge is 0.459 e. The Bertz CT molecular complexity index is 577. The minimum absolute atomic E-state index is 0.0482. The molecule has 6 nitrogen and oxygen atoms in total. The fourth-order valence-corrected chi connectivity index (χ4v) is 3.29. The number of nitrogens with zero attached hydrogens (tertiary/aromatic N) is 2. The maximum atomic E-state index is 12.5. The van der Waals surface area contributed by atoms with E-state index in [0.717, 1.165) is 19.3 Å². The van der Waals surface area contributed by atoms with Crippen molar-refractivity contribution in [3.8, 4) is 0 Å². The van der Waals surface area contributed by atoms with Gasteiger partial charge in [0.2, 0.25) is 0 Å². The molecule has 23 heavy (non-hydrogen) atoms. The summed E-state index contributed by atoms with van der Waals surface area (Å²) in [6, 6.07) is 3.57. The molecule has 2 aliphatic rings. The van der Waals surface area contributed by atoms with E-state index in [4.69, 9.17) is 9.15 Å². The van der Waals surface area contributed by atoms with Crippen molar-refractivity contribution in [3.05, 3.63) is 24.2 Å². The minimum Gasteiger partial charge on any atom is -0.459 e. The number of ether oxygens (including phenoxy) is 1. The van der Waals surface area contributed by atoms with Crippen molar-refractivity contribution >= 4 is 11.8 Å². The number of carbonyl (C=O) groups is 2. The molecule has 0 unspecified atom stereocenters. The Labute approximate surface area is 136 Å². The third-order valence-electron chi connectivity index (χ3n) is 5.11. The predicted molar refractivity (Wildman–Crippen MR) is 84.0 cm³/mol. The monoisotopic (exact) mass is 320 g/mol. The molecule has 0 radical (unpaired) electrons. The lowest BCUT2D eigenvalue weighted by Gasteiger charge is -2.47. The molecule has 0 aliphatic carbocycles. The molecule has 0 bridgehead atoms. The summed E-state index contributed by atoms with van der Waals surface area (Å²) in [5, 5.41) is 0. The van der Waals surface area contributed by atoms with Crippen molar-refractivity contribution in [1.82, 2.24) is 9.80 Å². The van der Waals surface area contributed by atoms with E-state index in [0.29, 0.717) is 18.8 Å². The van der Waals surface area contributed by atoms with Crippen molar-refractivity contribution in [2.75, 3.05) is 20.1 Å². The van der Waals surface area contributed by atoms with Gasteiger partial charge in [-0.15, -0.1) is 0 Å². The third kappa shape index (κ3) is 2.87. The molecule has 2 atom stereocenters. The summed E-state index contributed by atoms with van der Waals surface area (Å²) < 4.78 is 11.2. The predicted octanol–water partition coefficient (Wildman–Crippen LogP) is 1.91. The van der Waals surface area contributed by atoms with E-state index >= 15 is 0 Å². The van der Waals surface area contributed by atoms with Gasteiger partial charge in [-0.3, -0.25) is 9.59 Å². The Balaban J connectivity index is 1.55. The summed E-state index contributed by atoms with van der Waals surface area (Å²) in [5.41, 5.74) is -0.348. The lowest BCUT2D eigenvalue weighted by atomic mass is 9.90. The first-order valence-corrected chi connectivity index (χ1v) is 8.23. The van der Waals surface area contributed by atoms with Crippen molar-refractivity contribution < 1.29 is 18.7 Å². The molecule has 3 heterocycles. The van der Waals surface area contributed by atoms with E-state index in [-0.39, 0.29) is 29.6 Å². The standard InChI is InChI=1S/C17H24N2O4/c1-4-12(2)18(3)15(20)14-7-8-17(23-14)10-19(11-17)16(21)13-6-5-9-22-13/h5-6,9,12,14H,4,7-8,10-11H2,1-3H3/t12-,14-/m1/s1. The lowest BCUT2D eigenvalue weighted by molar-refractivity contribution is -0.159. The van der Waals surface area contributed by atoms with Crippen molar-refractivity contribution in [2.24, 2.45) is 0 Å². The fourth-order valence-electron chi connectivity index (χ4n) is 3.29. The van der Waals surface area contributed by atoms with Crippen LogP contribution in [0.15, 0.2) is 22.8 Å². The minimum atomic E-state index is -0.380. The van der Waals surface area contributed by atoms with Crippen LogP contribution in [0.5, 0.6) is 0 Å². The van der Waals surface area contributed by atoms with E-state index < -0.39 is 0 Å². The highest BCUT2D eigenvalue weighted by Gasteiger charge is 2.53. The van der Waals surface area contributed by atoms with Gasteiger partial charge in [0.1, 0.15) is 11.7 Å². The first-order valence-electron chi connectivity index (χ1n) is 8.23. The van der Waals surface area contributed by atoms with Crippen LogP contribution >= 0.6 is 0 Å². The fraction of sp³-hybridized carbons (Fsp3) is 0.647. The zero-order chi connectivity index (χ0) is 16.6. The maximum absolute atomic E-state index is 12.5. The average Bonchev–Trinajstić information content (AvgIpc) is 3.19. The molecule has 2 amide bonds. The van der Waals surface area contributed by atoms with Crippen LogP contribution in [-0.2, 0) is 9.53 Å². The molecule has 0 N–H and O–H groups in total. The second-order valence-corrected chi connectivity index (χ2v) is 6.67. The highest BCUT2D eigenvalue weighted by atomic mass is 16.5. The van der Waals surface area contributed by atoms with Crippen molar-refractivity contribution in [3.63, 3.8) is 0 Å². The normalized spacial score (nSPS) is 23.6. The molecule has 3 rings (SSSR count). The highest BCUT2D eigenvalue weighted by Crippen LogP contribution is 2.39. The van der Waals surface area contributed by atoms with Gasteiger partial charge in [-0.1, -0.05) is 6.92 Å². The van der Waals surface area contributed by atoms with Crippen LogP contribution in [0.3, 0.4) is 0 Å². The number of likely N-dealkylation sites (tertiary alicyclic amines) is 1. The summed E-state index contributed by atoms with van der Waals surface area (Å²) in [4.78, 5) is 28.1. The van der Waals surface area contributed by atoms with E-state index in [9.17, 15) is 9.59 Å². The molecule has 1 aromatic rings. The van der Waals surface area contributed by atoms with Gasteiger partial charge in [0.25, 0.3) is 11.8 Å². The van der Waals surface area contributed by atoms with Gasteiger partial charge in [0.05, 0.1) is 19.4 Å². The van der Waals surface area contributed by atoms with E-state index in [1.165, 1.54) is 6.26 Å². The van der Waals surface area contributed by atoms with Gasteiger partial charge in [-0.2, -0.15) is 0 Å². The Morgan fingerprint density at radius 3 is 2.83 bits per heavy atom. The Morgan fingerprint density at radius 1 is 1.48 bits per heavy atom. The lowest BCUT2D eigenvalue weighted by Crippen LogP contribution is -2.63. The Morgan fingerprint density at radius 2 is 2.22 bits per heavy atom. The molecule has 126 valence electrons. The first kappa shape index (κ1) is 16.1. The average molecular weight is 320 g/mol. The zero-order valence-electron chi connectivity index (χ0n) is 13.9. The molecular formula is C17H24N2O4. The number of rotatable bonds is 4. The van der Waals surface area contributed by atoms with Gasteiger partial charge in [0, 0.05) is 13.1 Å². The van der Waals surface area contributed by atoms with Crippen LogP contribution < -0.4 is 0 Å². The molecule has 0 saturated carbocycles. The number of amides is 2. The summed E-state index contributed by atoms with van der Waals surface area (Å²) in [6.07, 6.45) is 3.58. The van der Waals surface area contributed by atoms with Gasteiger partial charge >= 0.3 is 0 Å². The summed E-state index contributed by atoms with van der Waals surface area (Å²) in [7, 11) is 1.83. The summed E-state index contributed by atoms with van der Waals surface area (Å²) in [6.45, 7) is 5.16. The van der Waals surface area contributed by atoms with Crippen LogP contribution in [0.2, 0.25) is 0 Å². The van der Waals surface area contributed by atoms with Gasteiger partial charge in [0.15, 0.2) is 5.76 Å². The van der Waals surface area contributed by atoms with Crippen LogP contribution in [-0.4, -0.2) is 59.5 Å². The smallest absolute Gasteiger partial charge is 0.289 e. The molecule has 2 saturated heterocycles. The number of hydrogen-bond donors (Lipinski definition) is 0. The van der Waals surface area contributed by atoms with Crippen LogP contribution in [0.25, 0.3) is 0 Å². The van der Waals surface area contributed by atoms with Gasteiger partial charge < -0.3 is 19.0 Å². The maximum Gasteiger partial charge on any atom is 0.289 e. The van der Waals surface area contributed by atoms with Gasteiger partial charge in [-0.25, -0.2) is 0 Å². The molecule has 2 fully saturated rings. The number of furan rings is 1. The van der Waals surface area contributed by atoms with Crippen LogP contribution in [0.1, 0.15) is 43.7 Å². The molecular weight excluding hydrogens is 296 g/mol. The molecule has 2 aliphatic heterocycles. The summed E-state index contributed by atoms with van der Waals surface area (Å²) >= 11 is 0.